The molecule has 0 saturated heterocycles. The molecular formula is C22H19N3O6. The van der Waals surface area contributed by atoms with Crippen molar-refractivity contribution in [3.63, 3.8) is 0 Å². The Labute approximate surface area is 177 Å². The number of hydrogen-bond acceptors (Lipinski definition) is 8. The van der Waals surface area contributed by atoms with Crippen LogP contribution in [0.15, 0.2) is 69.9 Å². The van der Waals surface area contributed by atoms with Crippen molar-refractivity contribution in [3.05, 3.63) is 77.9 Å². The Balaban J connectivity index is 1.40. The van der Waals surface area contributed by atoms with Crippen LogP contribution in [0.2, 0.25) is 0 Å². The van der Waals surface area contributed by atoms with Gasteiger partial charge >= 0.3 is 5.97 Å². The van der Waals surface area contributed by atoms with Gasteiger partial charge in [0, 0.05) is 17.5 Å². The van der Waals surface area contributed by atoms with E-state index in [4.69, 9.17) is 18.5 Å². The fourth-order valence-corrected chi connectivity index (χ4v) is 3.08. The minimum absolute atomic E-state index is 0.0935. The van der Waals surface area contributed by atoms with E-state index in [1.54, 1.807) is 37.4 Å². The normalized spacial score (nSPS) is 11.8. The Kier molecular flexibility index (Phi) is 5.93. The molecule has 0 aliphatic carbocycles. The topological polar surface area (TPSA) is 121 Å². The van der Waals surface area contributed by atoms with Crippen molar-refractivity contribution in [2.45, 2.75) is 18.9 Å². The average molecular weight is 421 g/mol. The van der Waals surface area contributed by atoms with E-state index in [0.717, 1.165) is 16.9 Å². The number of rotatable bonds is 9. The first kappa shape index (κ1) is 20.1. The quantitative estimate of drug-likeness (QED) is 0.428. The number of ether oxygens (including phenoxy) is 2. The first-order chi connectivity index (χ1) is 15.1. The molecule has 0 radical (unpaired) electrons. The highest BCUT2D eigenvalue weighted by molar-refractivity contribution is 5.68. The Hall–Kier alpha value is -4.14. The first-order valence-electron chi connectivity index (χ1n) is 9.44. The zero-order chi connectivity index (χ0) is 21.6. The van der Waals surface area contributed by atoms with Gasteiger partial charge in [0.1, 0.15) is 17.8 Å². The summed E-state index contributed by atoms with van der Waals surface area (Å²) in [5.74, 6) is 0.799. The van der Waals surface area contributed by atoms with E-state index in [9.17, 15) is 9.90 Å². The molecule has 9 heteroatoms. The molecule has 0 unspecified atom stereocenters. The summed E-state index contributed by atoms with van der Waals surface area (Å²) in [5.41, 5.74) is 2.14. The highest BCUT2D eigenvalue weighted by Gasteiger charge is 2.20. The van der Waals surface area contributed by atoms with Crippen LogP contribution in [0.5, 0.6) is 11.5 Å². The van der Waals surface area contributed by atoms with E-state index in [1.165, 1.54) is 6.26 Å². The van der Waals surface area contributed by atoms with Crippen molar-refractivity contribution in [1.29, 1.82) is 0 Å². The lowest BCUT2D eigenvalue weighted by atomic mass is 9.92. The molecule has 0 aliphatic rings. The van der Waals surface area contributed by atoms with Crippen molar-refractivity contribution in [2.24, 2.45) is 0 Å². The molecule has 158 valence electrons. The van der Waals surface area contributed by atoms with Crippen LogP contribution >= 0.6 is 0 Å². The maximum Gasteiger partial charge on any atom is 0.304 e. The van der Waals surface area contributed by atoms with Crippen molar-refractivity contribution < 1.29 is 28.4 Å². The summed E-state index contributed by atoms with van der Waals surface area (Å²) in [4.78, 5) is 15.6. The lowest BCUT2D eigenvalue weighted by molar-refractivity contribution is -0.137. The summed E-state index contributed by atoms with van der Waals surface area (Å²) in [6.45, 7) is 0.126. The maximum atomic E-state index is 11.2. The number of aromatic nitrogens is 3. The number of hydrogen-bond donors (Lipinski definition) is 1. The van der Waals surface area contributed by atoms with Gasteiger partial charge in [-0.2, -0.15) is 4.98 Å². The van der Waals surface area contributed by atoms with Crippen LogP contribution in [-0.4, -0.2) is 33.5 Å². The molecule has 2 aromatic heterocycles. The molecule has 2 heterocycles. The second-order valence-electron chi connectivity index (χ2n) is 6.68. The average Bonchev–Trinajstić information content (AvgIpc) is 3.49. The van der Waals surface area contributed by atoms with Gasteiger partial charge in [0.2, 0.25) is 5.82 Å². The summed E-state index contributed by atoms with van der Waals surface area (Å²) >= 11 is 0. The van der Waals surface area contributed by atoms with Gasteiger partial charge in [0.05, 0.1) is 19.2 Å². The molecule has 1 atom stereocenters. The molecule has 31 heavy (non-hydrogen) atoms. The highest BCUT2D eigenvalue weighted by atomic mass is 16.5. The maximum absolute atomic E-state index is 11.2. The minimum atomic E-state index is -0.918. The number of carboxylic acid groups (broad SMARTS) is 1. The zero-order valence-corrected chi connectivity index (χ0v) is 16.6. The molecule has 1 N–H and O–H groups in total. The fraction of sp³-hybridized carbons (Fsp3) is 0.182. The highest BCUT2D eigenvalue weighted by Crippen LogP contribution is 2.28. The van der Waals surface area contributed by atoms with Gasteiger partial charge < -0.3 is 23.6 Å². The number of benzene rings is 2. The molecule has 0 spiro atoms. The van der Waals surface area contributed by atoms with Crippen LogP contribution in [0.25, 0.3) is 11.5 Å². The standard InChI is InChI=1S/C22H19N3O6/c1-28-16-6-4-15(5-7-16)22-23-20(25-31-22)13-29-17-8-2-14(3-9-17)18(12-21(26)27)19-10-11-30-24-19/h2-11,18H,12-13H2,1H3,(H,26,27)/t18-/m0/s1. The Bertz CT molecular complexity index is 1120. The lowest BCUT2D eigenvalue weighted by Crippen LogP contribution is -2.08. The molecule has 4 rings (SSSR count). The predicted octanol–water partition coefficient (Wildman–Crippen LogP) is 3.92. The Morgan fingerprint density at radius 3 is 2.42 bits per heavy atom. The van der Waals surface area contributed by atoms with Crippen LogP contribution < -0.4 is 9.47 Å². The van der Waals surface area contributed by atoms with Gasteiger partial charge in [-0.3, -0.25) is 4.79 Å². The van der Waals surface area contributed by atoms with Crippen molar-refractivity contribution in [2.75, 3.05) is 7.11 Å². The summed E-state index contributed by atoms with van der Waals surface area (Å²) in [7, 11) is 1.60. The van der Waals surface area contributed by atoms with E-state index in [2.05, 4.69) is 15.3 Å². The zero-order valence-electron chi connectivity index (χ0n) is 16.6. The molecule has 0 saturated carbocycles. The summed E-state index contributed by atoms with van der Waals surface area (Å²) in [6, 6.07) is 16.1. The number of nitrogens with zero attached hydrogens (tertiary/aromatic N) is 3. The summed E-state index contributed by atoms with van der Waals surface area (Å²) < 4.78 is 21.0. The van der Waals surface area contributed by atoms with Crippen molar-refractivity contribution in [3.8, 4) is 23.0 Å². The SMILES string of the molecule is COc1ccc(-c2nc(COc3ccc([C@H](CC(=O)O)c4ccon4)cc3)no2)cc1. The van der Waals surface area contributed by atoms with E-state index in [0.29, 0.717) is 23.2 Å². The molecule has 4 aromatic rings. The summed E-state index contributed by atoms with van der Waals surface area (Å²) in [5, 5.41) is 17.0. The largest absolute Gasteiger partial charge is 0.497 e. The number of carbonyl (C=O) groups is 1. The van der Waals surface area contributed by atoms with Gasteiger partial charge in [-0.25, -0.2) is 0 Å². The fourth-order valence-electron chi connectivity index (χ4n) is 3.08. The van der Waals surface area contributed by atoms with Crippen LogP contribution in [-0.2, 0) is 11.4 Å². The smallest absolute Gasteiger partial charge is 0.304 e. The Morgan fingerprint density at radius 2 is 1.77 bits per heavy atom. The number of carboxylic acids is 1. The van der Waals surface area contributed by atoms with Crippen LogP contribution in [0.4, 0.5) is 0 Å². The van der Waals surface area contributed by atoms with E-state index < -0.39 is 11.9 Å². The molecule has 0 amide bonds. The van der Waals surface area contributed by atoms with Gasteiger partial charge in [-0.1, -0.05) is 22.4 Å². The van der Waals surface area contributed by atoms with E-state index in [1.807, 2.05) is 24.3 Å². The van der Waals surface area contributed by atoms with Gasteiger partial charge in [0.15, 0.2) is 6.61 Å². The van der Waals surface area contributed by atoms with Gasteiger partial charge in [-0.05, 0) is 42.0 Å². The third-order valence-electron chi connectivity index (χ3n) is 4.65. The molecule has 0 bridgehead atoms. The van der Waals surface area contributed by atoms with E-state index in [-0.39, 0.29) is 13.0 Å². The number of aliphatic carboxylic acids is 1. The second kappa shape index (κ2) is 9.12. The molecular weight excluding hydrogens is 402 g/mol. The van der Waals surface area contributed by atoms with Crippen LogP contribution in [0.3, 0.4) is 0 Å². The van der Waals surface area contributed by atoms with Crippen molar-refractivity contribution in [1.82, 2.24) is 15.3 Å². The lowest BCUT2D eigenvalue weighted by Gasteiger charge is -2.13. The van der Waals surface area contributed by atoms with Gasteiger partial charge in [0.25, 0.3) is 5.89 Å². The second-order valence-corrected chi connectivity index (χ2v) is 6.68. The summed E-state index contributed by atoms with van der Waals surface area (Å²) in [6.07, 6.45) is 1.33. The molecule has 0 aliphatic heterocycles. The molecule has 2 aromatic carbocycles. The van der Waals surface area contributed by atoms with Crippen LogP contribution in [0.1, 0.15) is 29.4 Å². The third-order valence-corrected chi connectivity index (χ3v) is 4.65. The number of methoxy groups -OCH3 is 1. The van der Waals surface area contributed by atoms with Crippen LogP contribution in [0, 0.1) is 0 Å². The van der Waals surface area contributed by atoms with E-state index >= 15 is 0 Å². The van der Waals surface area contributed by atoms with Crippen molar-refractivity contribution >= 4 is 5.97 Å². The Morgan fingerprint density at radius 1 is 1.03 bits per heavy atom. The first-order valence-corrected chi connectivity index (χ1v) is 9.44. The third kappa shape index (κ3) is 4.89. The molecule has 9 nitrogen and oxygen atoms in total. The molecule has 0 fully saturated rings. The minimum Gasteiger partial charge on any atom is -0.497 e. The predicted molar refractivity (Wildman–Crippen MR) is 108 cm³/mol. The van der Waals surface area contributed by atoms with Gasteiger partial charge in [-0.15, -0.1) is 0 Å². The monoisotopic (exact) mass is 421 g/mol.